The lowest BCUT2D eigenvalue weighted by molar-refractivity contribution is -0.167. The number of hydrogen-bond acceptors (Lipinski definition) is 6. The van der Waals surface area contributed by atoms with Crippen LogP contribution in [0.4, 0.5) is 0 Å². The summed E-state index contributed by atoms with van der Waals surface area (Å²) >= 11 is 0. The van der Waals surface area contributed by atoms with E-state index in [1.54, 1.807) is 0 Å². The van der Waals surface area contributed by atoms with E-state index in [9.17, 15) is 14.4 Å². The maximum absolute atomic E-state index is 12.9. The van der Waals surface area contributed by atoms with Gasteiger partial charge in [-0.1, -0.05) is 276 Å². The minimum absolute atomic E-state index is 0.0957. The Morgan fingerprint density at radius 1 is 0.259 bits per heavy atom. The molecule has 0 heterocycles. The van der Waals surface area contributed by atoms with Crippen LogP contribution in [0.2, 0.25) is 0 Å². The van der Waals surface area contributed by atoms with Gasteiger partial charge in [-0.05, 0) is 141 Å². The molecule has 0 N–H and O–H groups in total. The number of rotatable bonds is 60. The number of allylic oxidation sites excluding steroid dienone is 22. The fraction of sp³-hybridized carbons (Fsp3) is 0.667. The Labute approximate surface area is 500 Å². The number of ether oxygens (including phenoxy) is 3. The first-order chi connectivity index (χ1) is 40.0. The third-order valence-electron chi connectivity index (χ3n) is 14.1. The third-order valence-corrected chi connectivity index (χ3v) is 14.1. The van der Waals surface area contributed by atoms with Gasteiger partial charge in [0.05, 0.1) is 0 Å². The zero-order valence-electron chi connectivity index (χ0n) is 52.8. The first-order valence-corrected chi connectivity index (χ1v) is 33.7. The first-order valence-electron chi connectivity index (χ1n) is 33.7. The smallest absolute Gasteiger partial charge is 0.306 e. The summed E-state index contributed by atoms with van der Waals surface area (Å²) in [4.78, 5) is 38.4. The van der Waals surface area contributed by atoms with Crippen LogP contribution in [-0.4, -0.2) is 37.2 Å². The highest BCUT2D eigenvalue weighted by atomic mass is 16.6. The SMILES string of the molecule is CC/C=C\C/C=C\C/C=C\C/C=C\C/C=C\C/C=C\CCCCCCCCCCC(=O)OCC(COC(=O)CCCCCCC/C=C\C/C=C\CCCCC)OC(=O)CCCCCCCC/C=C\C/C=C\C/C=C\CCCCCCC. The van der Waals surface area contributed by atoms with Gasteiger partial charge in [0.15, 0.2) is 6.10 Å². The van der Waals surface area contributed by atoms with Crippen LogP contribution in [0.15, 0.2) is 134 Å². The van der Waals surface area contributed by atoms with E-state index in [0.717, 1.165) is 154 Å². The van der Waals surface area contributed by atoms with Crippen LogP contribution in [0.5, 0.6) is 0 Å². The molecule has 0 rings (SSSR count). The molecule has 0 bridgehead atoms. The van der Waals surface area contributed by atoms with Gasteiger partial charge in [0.2, 0.25) is 0 Å². The van der Waals surface area contributed by atoms with Gasteiger partial charge in [-0.25, -0.2) is 0 Å². The summed E-state index contributed by atoms with van der Waals surface area (Å²) in [5.74, 6) is -0.925. The van der Waals surface area contributed by atoms with Gasteiger partial charge in [0.25, 0.3) is 0 Å². The summed E-state index contributed by atoms with van der Waals surface area (Å²) < 4.78 is 16.9. The van der Waals surface area contributed by atoms with E-state index in [1.807, 2.05) is 0 Å². The zero-order valence-corrected chi connectivity index (χ0v) is 52.8. The normalized spacial score (nSPS) is 13.0. The van der Waals surface area contributed by atoms with E-state index < -0.39 is 6.10 Å². The second-order valence-electron chi connectivity index (χ2n) is 22.0. The predicted octanol–water partition coefficient (Wildman–Crippen LogP) is 23.3. The van der Waals surface area contributed by atoms with E-state index in [1.165, 1.54) is 109 Å². The number of unbranched alkanes of at least 4 members (excludes halogenated alkanes) is 27. The maximum atomic E-state index is 12.9. The highest BCUT2D eigenvalue weighted by Crippen LogP contribution is 2.15. The van der Waals surface area contributed by atoms with Crippen molar-refractivity contribution in [1.82, 2.24) is 0 Å². The second-order valence-corrected chi connectivity index (χ2v) is 22.0. The van der Waals surface area contributed by atoms with Crippen molar-refractivity contribution in [2.45, 2.75) is 309 Å². The molecule has 0 fully saturated rings. The first kappa shape index (κ1) is 76.5. The van der Waals surface area contributed by atoms with Crippen molar-refractivity contribution in [3.63, 3.8) is 0 Å². The van der Waals surface area contributed by atoms with Gasteiger partial charge in [0, 0.05) is 19.3 Å². The van der Waals surface area contributed by atoms with Gasteiger partial charge in [-0.2, -0.15) is 0 Å². The fourth-order valence-electron chi connectivity index (χ4n) is 9.07. The Balaban J connectivity index is 4.42. The summed E-state index contributed by atoms with van der Waals surface area (Å²) in [6.07, 6.45) is 95.9. The molecular weight excluding hydrogens is 997 g/mol. The molecule has 0 saturated carbocycles. The quantitative estimate of drug-likeness (QED) is 0.0261. The molecule has 0 amide bonds. The highest BCUT2D eigenvalue weighted by Gasteiger charge is 2.19. The summed E-state index contributed by atoms with van der Waals surface area (Å²) in [5, 5.41) is 0. The molecule has 460 valence electrons. The van der Waals surface area contributed by atoms with Crippen LogP contribution in [0, 0.1) is 0 Å². The lowest BCUT2D eigenvalue weighted by atomic mass is 10.1. The Morgan fingerprint density at radius 3 is 0.778 bits per heavy atom. The van der Waals surface area contributed by atoms with Crippen molar-refractivity contribution >= 4 is 17.9 Å². The fourth-order valence-corrected chi connectivity index (χ4v) is 9.07. The molecule has 0 aromatic carbocycles. The molecule has 0 saturated heterocycles. The molecule has 0 aromatic heterocycles. The molecular formula is C75H124O6. The molecule has 81 heavy (non-hydrogen) atoms. The number of carbonyl (C=O) groups is 3. The summed E-state index contributed by atoms with van der Waals surface area (Å²) in [6.45, 7) is 6.47. The average Bonchev–Trinajstić information content (AvgIpc) is 3.47. The monoisotopic (exact) mass is 1120 g/mol. The van der Waals surface area contributed by atoms with Crippen LogP contribution in [0.25, 0.3) is 0 Å². The lowest BCUT2D eigenvalue weighted by Gasteiger charge is -2.18. The highest BCUT2D eigenvalue weighted by molar-refractivity contribution is 5.71. The third kappa shape index (κ3) is 66.2. The Kier molecular flexibility index (Phi) is 64.3. The largest absolute Gasteiger partial charge is 0.462 e. The van der Waals surface area contributed by atoms with Crippen LogP contribution in [-0.2, 0) is 28.6 Å². The molecule has 0 spiro atoms. The molecule has 6 nitrogen and oxygen atoms in total. The van der Waals surface area contributed by atoms with Crippen molar-refractivity contribution in [2.75, 3.05) is 13.2 Å². The molecule has 0 aromatic rings. The topological polar surface area (TPSA) is 78.9 Å². The van der Waals surface area contributed by atoms with E-state index in [-0.39, 0.29) is 31.1 Å². The molecule has 1 atom stereocenters. The molecule has 0 aliphatic heterocycles. The predicted molar refractivity (Wildman–Crippen MR) is 353 cm³/mol. The Bertz CT molecular complexity index is 1720. The number of esters is 3. The summed E-state index contributed by atoms with van der Waals surface area (Å²) in [6, 6.07) is 0. The molecule has 6 heteroatoms. The van der Waals surface area contributed by atoms with E-state index in [2.05, 4.69) is 154 Å². The second kappa shape index (κ2) is 68.1. The van der Waals surface area contributed by atoms with E-state index in [4.69, 9.17) is 14.2 Å². The standard InChI is InChI=1S/C75H124O6/c1-4-7-10-13-16-19-22-25-28-30-32-34-35-36-37-38-39-41-42-44-47-50-53-56-59-62-65-68-74(77)80-71-72(70-79-73(76)67-64-61-58-55-52-49-46-27-24-21-18-15-12-9-6-3)81-75(78)69-66-63-60-57-54-51-48-45-43-40-33-31-29-26-23-20-17-14-11-8-5-2/h7,10,16,18-19,21,23,25-28,31-34,36-37,39,41,43,45-46,72H,4-6,8-9,11-15,17,20,22,24,29-30,35,38,40,42,44,47-71H2,1-3H3/b10-7-,19-16-,21-18-,26-23-,28-25-,33-31-,34-32-,37-36-,41-39-,45-43-,46-27-. The summed E-state index contributed by atoms with van der Waals surface area (Å²) in [5.41, 5.74) is 0. The minimum atomic E-state index is -0.801. The van der Waals surface area contributed by atoms with Crippen LogP contribution in [0.1, 0.15) is 303 Å². The van der Waals surface area contributed by atoms with E-state index >= 15 is 0 Å². The van der Waals surface area contributed by atoms with Gasteiger partial charge in [-0.15, -0.1) is 0 Å². The van der Waals surface area contributed by atoms with Gasteiger partial charge < -0.3 is 14.2 Å². The molecule has 0 radical (unpaired) electrons. The van der Waals surface area contributed by atoms with Crippen molar-refractivity contribution in [1.29, 1.82) is 0 Å². The van der Waals surface area contributed by atoms with Crippen LogP contribution < -0.4 is 0 Å². The van der Waals surface area contributed by atoms with Crippen LogP contribution >= 0.6 is 0 Å². The Hall–Kier alpha value is -4.45. The van der Waals surface area contributed by atoms with Crippen molar-refractivity contribution in [3.8, 4) is 0 Å². The van der Waals surface area contributed by atoms with Crippen molar-refractivity contribution in [3.05, 3.63) is 134 Å². The van der Waals surface area contributed by atoms with Gasteiger partial charge >= 0.3 is 17.9 Å². The van der Waals surface area contributed by atoms with Crippen molar-refractivity contribution < 1.29 is 28.6 Å². The van der Waals surface area contributed by atoms with Gasteiger partial charge in [-0.3, -0.25) is 14.4 Å². The minimum Gasteiger partial charge on any atom is -0.462 e. The lowest BCUT2D eigenvalue weighted by Crippen LogP contribution is -2.30. The zero-order chi connectivity index (χ0) is 58.5. The molecule has 0 aliphatic carbocycles. The molecule has 0 aliphatic rings. The number of hydrogen-bond donors (Lipinski definition) is 0. The average molecular weight is 1120 g/mol. The van der Waals surface area contributed by atoms with Crippen molar-refractivity contribution in [2.24, 2.45) is 0 Å². The summed E-state index contributed by atoms with van der Waals surface area (Å²) in [7, 11) is 0. The maximum Gasteiger partial charge on any atom is 0.306 e. The molecule has 1 unspecified atom stereocenters. The van der Waals surface area contributed by atoms with E-state index in [0.29, 0.717) is 19.3 Å². The van der Waals surface area contributed by atoms with Gasteiger partial charge in [0.1, 0.15) is 13.2 Å². The number of carbonyl (C=O) groups excluding carboxylic acids is 3. The Morgan fingerprint density at radius 2 is 0.481 bits per heavy atom. The van der Waals surface area contributed by atoms with Crippen LogP contribution in [0.3, 0.4) is 0 Å².